The molecule has 0 aromatic heterocycles. The van der Waals surface area contributed by atoms with Gasteiger partial charge in [-0.05, 0) is 86.8 Å². The number of rotatable bonds is 21. The molecule has 2 atom stereocenters. The molecule has 3 N–H and O–H groups in total. The van der Waals surface area contributed by atoms with Gasteiger partial charge in [0.05, 0.1) is 0 Å². The Hall–Kier alpha value is -2.94. The molecule has 2 aromatic carbocycles. The summed E-state index contributed by atoms with van der Waals surface area (Å²) in [6.07, 6.45) is 5.98. The number of unbranched alkanes of at least 4 members (excludes halogenated alkanes) is 6. The number of ether oxygens (including phenoxy) is 2. The van der Waals surface area contributed by atoms with Gasteiger partial charge in [0.1, 0.15) is 6.61 Å². The molecule has 0 saturated heterocycles. The zero-order valence-electron chi connectivity index (χ0n) is 24.2. The van der Waals surface area contributed by atoms with Crippen molar-refractivity contribution in [3.05, 3.63) is 69.7 Å². The maximum atomic E-state index is 12.9. The lowest BCUT2D eigenvalue weighted by atomic mass is 10.0. The Morgan fingerprint density at radius 1 is 0.756 bits per heavy atom. The van der Waals surface area contributed by atoms with Gasteiger partial charge in [-0.3, -0.25) is 4.79 Å². The highest BCUT2D eigenvalue weighted by molar-refractivity contribution is 6.30. The number of halogens is 1. The van der Waals surface area contributed by atoms with Crippen LogP contribution < -0.4 is 5.32 Å². The van der Waals surface area contributed by atoms with Crippen LogP contribution in [0.1, 0.15) is 73.6 Å². The fourth-order valence-electron chi connectivity index (χ4n) is 4.47. The molecule has 0 aliphatic carbocycles. The van der Waals surface area contributed by atoms with Crippen LogP contribution in [0, 0.1) is 13.8 Å². The predicted molar refractivity (Wildman–Crippen MR) is 159 cm³/mol. The summed E-state index contributed by atoms with van der Waals surface area (Å²) < 4.78 is 10.7. The van der Waals surface area contributed by atoms with Gasteiger partial charge in [0.2, 0.25) is 0 Å². The summed E-state index contributed by atoms with van der Waals surface area (Å²) in [5.74, 6) is -3.37. The first kappa shape index (κ1) is 34.3. The van der Waals surface area contributed by atoms with Crippen LogP contribution in [0.25, 0.3) is 0 Å². The first-order valence-electron chi connectivity index (χ1n) is 14.4. The topological polar surface area (TPSA) is 122 Å². The Bertz CT molecular complexity index is 1090. The number of carbonyl (C=O) groups is 3. The van der Waals surface area contributed by atoms with Gasteiger partial charge in [-0.15, -0.1) is 0 Å². The first-order chi connectivity index (χ1) is 19.7. The van der Waals surface area contributed by atoms with Gasteiger partial charge in [-0.1, -0.05) is 67.6 Å². The second-order valence-corrected chi connectivity index (χ2v) is 10.9. The molecular formula is C32H44ClNO7. The minimum Gasteiger partial charge on any atom is -0.480 e. The number of hydrogen-bond acceptors (Lipinski definition) is 5. The highest BCUT2D eigenvalue weighted by Crippen LogP contribution is 2.15. The van der Waals surface area contributed by atoms with Crippen LogP contribution in [-0.2, 0) is 36.7 Å². The lowest BCUT2D eigenvalue weighted by Gasteiger charge is -2.23. The van der Waals surface area contributed by atoms with E-state index in [4.69, 9.17) is 26.2 Å². The third kappa shape index (κ3) is 14.0. The molecular weight excluding hydrogens is 546 g/mol. The van der Waals surface area contributed by atoms with Crippen molar-refractivity contribution >= 4 is 29.4 Å². The van der Waals surface area contributed by atoms with Crippen LogP contribution in [0.15, 0.2) is 42.5 Å². The molecule has 0 saturated carbocycles. The monoisotopic (exact) mass is 589 g/mol. The molecule has 8 nitrogen and oxygen atoms in total. The molecule has 1 amide bonds. The number of carbonyl (C=O) groups excluding carboxylic acids is 1. The number of carboxylic acid groups (broad SMARTS) is 2. The van der Waals surface area contributed by atoms with Crippen molar-refractivity contribution in [2.45, 2.75) is 90.3 Å². The summed E-state index contributed by atoms with van der Waals surface area (Å²) in [4.78, 5) is 35.6. The molecule has 0 fully saturated rings. The molecule has 2 rings (SSSR count). The fourth-order valence-corrected chi connectivity index (χ4v) is 4.60. The largest absolute Gasteiger partial charge is 0.480 e. The second-order valence-electron chi connectivity index (χ2n) is 10.4. The lowest BCUT2D eigenvalue weighted by molar-refractivity contribution is -0.172. The maximum absolute atomic E-state index is 12.9. The van der Waals surface area contributed by atoms with Gasteiger partial charge in [0.15, 0.2) is 12.2 Å². The molecule has 226 valence electrons. The van der Waals surface area contributed by atoms with Crippen molar-refractivity contribution in [2.75, 3.05) is 19.8 Å². The van der Waals surface area contributed by atoms with Crippen LogP contribution in [0.5, 0.6) is 0 Å². The molecule has 0 radical (unpaired) electrons. The zero-order chi connectivity index (χ0) is 30.0. The highest BCUT2D eigenvalue weighted by Gasteiger charge is 2.36. The fraction of sp³-hybridized carbons (Fsp3) is 0.531. The van der Waals surface area contributed by atoms with Gasteiger partial charge in [-0.2, -0.15) is 0 Å². The number of carboxylic acids is 2. The van der Waals surface area contributed by atoms with E-state index in [-0.39, 0.29) is 6.61 Å². The van der Waals surface area contributed by atoms with E-state index in [1.165, 1.54) is 22.3 Å². The molecule has 2 unspecified atom stereocenters. The SMILES string of the molecule is Cc1ccc(CCCCCOC(C(=O)NCCCCCCCc2ccc(Cl)cc2)C(OCC(=O)O)C(=O)O)cc1C. The van der Waals surface area contributed by atoms with Gasteiger partial charge in [0.25, 0.3) is 5.91 Å². The summed E-state index contributed by atoms with van der Waals surface area (Å²) in [6, 6.07) is 14.3. The summed E-state index contributed by atoms with van der Waals surface area (Å²) in [5, 5.41) is 22.0. The van der Waals surface area contributed by atoms with Crippen molar-refractivity contribution < 1.29 is 34.1 Å². The van der Waals surface area contributed by atoms with Gasteiger partial charge >= 0.3 is 11.9 Å². The van der Waals surface area contributed by atoms with Crippen molar-refractivity contribution in [1.29, 1.82) is 0 Å². The average molecular weight is 590 g/mol. The third-order valence-corrected chi connectivity index (χ3v) is 7.25. The predicted octanol–water partition coefficient (Wildman–Crippen LogP) is 5.92. The van der Waals surface area contributed by atoms with E-state index in [9.17, 15) is 19.5 Å². The Kier molecular flexibility index (Phi) is 16.1. The van der Waals surface area contributed by atoms with Crippen molar-refractivity contribution in [3.8, 4) is 0 Å². The smallest absolute Gasteiger partial charge is 0.336 e. The maximum Gasteiger partial charge on any atom is 0.336 e. The Balaban J connectivity index is 1.74. The number of nitrogens with one attached hydrogen (secondary N) is 1. The van der Waals surface area contributed by atoms with Crippen LogP contribution in [-0.4, -0.2) is 60.0 Å². The normalized spacial score (nSPS) is 12.6. The Morgan fingerprint density at radius 2 is 1.37 bits per heavy atom. The van der Waals surface area contributed by atoms with Crippen molar-refractivity contribution in [2.24, 2.45) is 0 Å². The van der Waals surface area contributed by atoms with Gasteiger partial charge in [0, 0.05) is 18.2 Å². The number of benzene rings is 2. The van der Waals surface area contributed by atoms with Gasteiger partial charge < -0.3 is 25.0 Å². The molecule has 0 aliphatic heterocycles. The molecule has 0 bridgehead atoms. The first-order valence-corrected chi connectivity index (χ1v) is 14.8. The van der Waals surface area contributed by atoms with E-state index in [1.807, 2.05) is 24.3 Å². The van der Waals surface area contributed by atoms with E-state index < -0.39 is 36.7 Å². The number of aryl methyl sites for hydroxylation is 4. The summed E-state index contributed by atoms with van der Waals surface area (Å²) in [7, 11) is 0. The van der Waals surface area contributed by atoms with Crippen LogP contribution in [0.2, 0.25) is 5.02 Å². The third-order valence-electron chi connectivity index (χ3n) is 7.00. The van der Waals surface area contributed by atoms with Crippen LogP contribution in [0.3, 0.4) is 0 Å². The standard InChI is InChI=1S/C32H44ClNO7/c1-23-13-14-26(21-24(23)2)12-8-6-10-20-40-29(30(32(38)39)41-22-28(35)36)31(37)34-19-9-5-3-4-7-11-25-15-17-27(33)18-16-25/h13-18,21,29-30H,3-12,19-20,22H2,1-2H3,(H,34,37)(H,35,36)(H,38,39). The molecule has 0 spiro atoms. The van der Waals surface area contributed by atoms with Crippen LogP contribution >= 0.6 is 11.6 Å². The van der Waals surface area contributed by atoms with Crippen molar-refractivity contribution in [3.63, 3.8) is 0 Å². The molecule has 0 aliphatic rings. The van der Waals surface area contributed by atoms with E-state index in [0.29, 0.717) is 13.0 Å². The van der Waals surface area contributed by atoms with E-state index in [2.05, 4.69) is 37.4 Å². The Morgan fingerprint density at radius 3 is 2.02 bits per heavy atom. The second kappa shape index (κ2) is 19.2. The number of aliphatic carboxylic acids is 2. The van der Waals surface area contributed by atoms with E-state index in [1.54, 1.807) is 0 Å². The number of hydrogen-bond donors (Lipinski definition) is 3. The van der Waals surface area contributed by atoms with Gasteiger partial charge in [-0.25, -0.2) is 9.59 Å². The lowest BCUT2D eigenvalue weighted by Crippen LogP contribution is -2.49. The summed E-state index contributed by atoms with van der Waals surface area (Å²) >= 11 is 5.92. The molecule has 2 aromatic rings. The molecule has 0 heterocycles. The molecule has 9 heteroatoms. The number of amides is 1. The Labute approximate surface area is 248 Å². The quantitative estimate of drug-likeness (QED) is 0.154. The minimum atomic E-state index is -1.71. The minimum absolute atomic E-state index is 0.166. The highest BCUT2D eigenvalue weighted by atomic mass is 35.5. The molecule has 41 heavy (non-hydrogen) atoms. The average Bonchev–Trinajstić information content (AvgIpc) is 2.93. The van der Waals surface area contributed by atoms with E-state index in [0.717, 1.165) is 62.8 Å². The summed E-state index contributed by atoms with van der Waals surface area (Å²) in [6.45, 7) is 3.87. The zero-order valence-corrected chi connectivity index (χ0v) is 25.0. The van der Waals surface area contributed by atoms with Crippen molar-refractivity contribution in [1.82, 2.24) is 5.32 Å². The summed E-state index contributed by atoms with van der Waals surface area (Å²) in [5.41, 5.74) is 5.04. The van der Waals surface area contributed by atoms with E-state index >= 15 is 0 Å². The van der Waals surface area contributed by atoms with Crippen LogP contribution in [0.4, 0.5) is 0 Å².